The fourth-order valence-electron chi connectivity index (χ4n) is 3.34. The first-order chi connectivity index (χ1) is 12.6. The average Bonchev–Trinajstić information content (AvgIpc) is 3.02. The Hall–Kier alpha value is -3.14. The summed E-state index contributed by atoms with van der Waals surface area (Å²) in [6.45, 7) is 6.37. The minimum atomic E-state index is -0.231. The van der Waals surface area contributed by atoms with Crippen LogP contribution < -0.4 is 5.69 Å². The summed E-state index contributed by atoms with van der Waals surface area (Å²) in [6, 6.07) is 20.4. The molecule has 1 aromatic heterocycles. The lowest BCUT2D eigenvalue weighted by Gasteiger charge is -2.13. The summed E-state index contributed by atoms with van der Waals surface area (Å²) in [5, 5.41) is 9.11. The van der Waals surface area contributed by atoms with Crippen LogP contribution in [0.1, 0.15) is 30.9 Å². The van der Waals surface area contributed by atoms with E-state index in [0.717, 1.165) is 27.6 Å². The summed E-state index contributed by atoms with van der Waals surface area (Å²) in [4.78, 5) is 12.6. The summed E-state index contributed by atoms with van der Waals surface area (Å²) in [6.07, 6.45) is 0. The first-order valence-corrected chi connectivity index (χ1v) is 8.82. The standard InChI is InChI=1S/C22H21N3O/c1-14(2)17-12-11-15(3)19(13-17)21-23-24-22(26)25(21)20-10-6-8-16-7-4-5-9-18(16)20/h4-14H,1-3H3,(H,24,26). The van der Waals surface area contributed by atoms with Crippen molar-refractivity contribution in [1.82, 2.24) is 14.8 Å². The van der Waals surface area contributed by atoms with Gasteiger partial charge in [-0.25, -0.2) is 14.5 Å². The molecule has 0 aliphatic rings. The van der Waals surface area contributed by atoms with Crippen LogP contribution in [0.3, 0.4) is 0 Å². The largest absolute Gasteiger partial charge is 0.348 e. The second kappa shape index (κ2) is 6.30. The molecule has 1 N–H and O–H groups in total. The summed E-state index contributed by atoms with van der Waals surface area (Å²) in [5.41, 5.74) is 3.90. The van der Waals surface area contributed by atoms with Crippen LogP contribution in [0.15, 0.2) is 65.5 Å². The molecule has 0 fully saturated rings. The highest BCUT2D eigenvalue weighted by molar-refractivity contribution is 5.90. The van der Waals surface area contributed by atoms with Crippen LogP contribution in [0.2, 0.25) is 0 Å². The van der Waals surface area contributed by atoms with E-state index in [0.29, 0.717) is 11.7 Å². The number of hydrogen-bond acceptors (Lipinski definition) is 2. The molecule has 26 heavy (non-hydrogen) atoms. The number of aromatic nitrogens is 3. The van der Waals surface area contributed by atoms with Crippen molar-refractivity contribution >= 4 is 10.8 Å². The monoisotopic (exact) mass is 343 g/mol. The van der Waals surface area contributed by atoms with Gasteiger partial charge in [-0.15, -0.1) is 0 Å². The van der Waals surface area contributed by atoms with Crippen LogP contribution >= 0.6 is 0 Å². The van der Waals surface area contributed by atoms with Crippen molar-refractivity contribution < 1.29 is 0 Å². The molecule has 0 aliphatic carbocycles. The van der Waals surface area contributed by atoms with Gasteiger partial charge in [0.05, 0.1) is 5.69 Å². The quantitative estimate of drug-likeness (QED) is 0.580. The number of nitrogens with zero attached hydrogens (tertiary/aromatic N) is 2. The molecule has 4 aromatic rings. The van der Waals surface area contributed by atoms with Gasteiger partial charge in [0.2, 0.25) is 0 Å². The Morgan fingerprint density at radius 2 is 1.77 bits per heavy atom. The van der Waals surface area contributed by atoms with Crippen molar-refractivity contribution in [2.45, 2.75) is 26.7 Å². The zero-order chi connectivity index (χ0) is 18.3. The Labute approximate surface area is 152 Å². The number of rotatable bonds is 3. The number of fused-ring (bicyclic) bond motifs is 1. The van der Waals surface area contributed by atoms with Crippen LogP contribution in [0.25, 0.3) is 27.8 Å². The Morgan fingerprint density at radius 3 is 2.58 bits per heavy atom. The number of aryl methyl sites for hydroxylation is 1. The molecule has 0 atom stereocenters. The maximum absolute atomic E-state index is 12.6. The van der Waals surface area contributed by atoms with Crippen LogP contribution in [0.5, 0.6) is 0 Å². The Morgan fingerprint density at radius 1 is 1.00 bits per heavy atom. The average molecular weight is 343 g/mol. The Kier molecular flexibility index (Phi) is 3.96. The molecule has 0 bridgehead atoms. The van der Waals surface area contributed by atoms with Crippen LogP contribution in [-0.4, -0.2) is 14.8 Å². The smallest absolute Gasteiger partial charge is 0.246 e. The maximum Gasteiger partial charge on any atom is 0.348 e. The summed E-state index contributed by atoms with van der Waals surface area (Å²) in [7, 11) is 0. The molecule has 0 aliphatic heterocycles. The van der Waals surface area contributed by atoms with Gasteiger partial charge in [0.15, 0.2) is 5.82 Å². The molecule has 4 nitrogen and oxygen atoms in total. The summed E-state index contributed by atoms with van der Waals surface area (Å²) in [5.74, 6) is 1.05. The van der Waals surface area contributed by atoms with Crippen molar-refractivity contribution in [3.05, 3.63) is 82.3 Å². The van der Waals surface area contributed by atoms with Gasteiger partial charge in [-0.3, -0.25) is 0 Å². The molecular weight excluding hydrogens is 322 g/mol. The van der Waals surface area contributed by atoms with Gasteiger partial charge in [0, 0.05) is 10.9 Å². The molecule has 130 valence electrons. The highest BCUT2D eigenvalue weighted by atomic mass is 16.1. The Balaban J connectivity index is 2.01. The van der Waals surface area contributed by atoms with E-state index in [1.54, 1.807) is 4.57 Å². The Bertz CT molecular complexity index is 1150. The lowest BCUT2D eigenvalue weighted by Crippen LogP contribution is -2.16. The predicted molar refractivity (Wildman–Crippen MR) is 106 cm³/mol. The van der Waals surface area contributed by atoms with Crippen molar-refractivity contribution in [1.29, 1.82) is 0 Å². The fourth-order valence-corrected chi connectivity index (χ4v) is 3.34. The zero-order valence-electron chi connectivity index (χ0n) is 15.2. The molecule has 0 radical (unpaired) electrons. The van der Waals surface area contributed by atoms with Crippen LogP contribution in [0.4, 0.5) is 0 Å². The lowest BCUT2D eigenvalue weighted by molar-refractivity contribution is 0.865. The van der Waals surface area contributed by atoms with Crippen molar-refractivity contribution in [3.8, 4) is 17.1 Å². The lowest BCUT2D eigenvalue weighted by atomic mass is 9.97. The van der Waals surface area contributed by atoms with Crippen molar-refractivity contribution in [3.63, 3.8) is 0 Å². The van der Waals surface area contributed by atoms with Gasteiger partial charge < -0.3 is 0 Å². The zero-order valence-corrected chi connectivity index (χ0v) is 15.2. The molecular formula is C22H21N3O. The van der Waals surface area contributed by atoms with E-state index in [4.69, 9.17) is 0 Å². The van der Waals surface area contributed by atoms with E-state index >= 15 is 0 Å². The minimum absolute atomic E-state index is 0.231. The fraction of sp³-hybridized carbons (Fsp3) is 0.182. The third-order valence-corrected chi connectivity index (χ3v) is 4.85. The second-order valence-electron chi connectivity index (χ2n) is 6.92. The van der Waals surface area contributed by atoms with Crippen molar-refractivity contribution in [2.75, 3.05) is 0 Å². The maximum atomic E-state index is 12.6. The number of nitrogens with one attached hydrogen (secondary N) is 1. The van der Waals surface area contributed by atoms with Gasteiger partial charge in [-0.1, -0.05) is 62.4 Å². The highest BCUT2D eigenvalue weighted by Crippen LogP contribution is 2.29. The topological polar surface area (TPSA) is 50.7 Å². The SMILES string of the molecule is Cc1ccc(C(C)C)cc1-c1n[nH]c(=O)n1-c1cccc2ccccc12. The van der Waals surface area contributed by atoms with Crippen molar-refractivity contribution in [2.24, 2.45) is 0 Å². The van der Waals surface area contributed by atoms with Gasteiger partial charge in [-0.2, -0.15) is 5.10 Å². The van der Waals surface area contributed by atoms with E-state index in [2.05, 4.69) is 42.2 Å². The molecule has 0 amide bonds. The molecule has 0 unspecified atom stereocenters. The van der Waals surface area contributed by atoms with E-state index < -0.39 is 0 Å². The number of benzene rings is 3. The molecule has 0 saturated heterocycles. The molecule has 3 aromatic carbocycles. The van der Waals surface area contributed by atoms with E-state index in [9.17, 15) is 4.79 Å². The summed E-state index contributed by atoms with van der Waals surface area (Å²) >= 11 is 0. The van der Waals surface area contributed by atoms with Gasteiger partial charge in [-0.05, 0) is 41.5 Å². The third kappa shape index (κ3) is 2.64. The summed E-state index contributed by atoms with van der Waals surface area (Å²) < 4.78 is 1.68. The van der Waals surface area contributed by atoms with E-state index in [-0.39, 0.29) is 5.69 Å². The minimum Gasteiger partial charge on any atom is -0.246 e. The second-order valence-corrected chi connectivity index (χ2v) is 6.92. The molecule has 4 rings (SSSR count). The van der Waals surface area contributed by atoms with Crippen LogP contribution in [-0.2, 0) is 0 Å². The third-order valence-electron chi connectivity index (χ3n) is 4.85. The number of aromatic amines is 1. The normalized spacial score (nSPS) is 11.4. The van der Waals surface area contributed by atoms with Gasteiger partial charge >= 0.3 is 5.69 Å². The number of H-pyrrole nitrogens is 1. The van der Waals surface area contributed by atoms with Gasteiger partial charge in [0.1, 0.15) is 0 Å². The molecule has 0 saturated carbocycles. The highest BCUT2D eigenvalue weighted by Gasteiger charge is 2.17. The molecule has 4 heteroatoms. The molecule has 1 heterocycles. The van der Waals surface area contributed by atoms with E-state index in [1.807, 2.05) is 49.4 Å². The number of hydrogen-bond donors (Lipinski definition) is 1. The van der Waals surface area contributed by atoms with E-state index in [1.165, 1.54) is 5.56 Å². The van der Waals surface area contributed by atoms with Gasteiger partial charge in [0.25, 0.3) is 0 Å². The first-order valence-electron chi connectivity index (χ1n) is 8.82. The first kappa shape index (κ1) is 16.3. The van der Waals surface area contributed by atoms with Crippen LogP contribution in [0, 0.1) is 6.92 Å². The molecule has 0 spiro atoms. The predicted octanol–water partition coefficient (Wildman–Crippen LogP) is 4.81.